The summed E-state index contributed by atoms with van der Waals surface area (Å²) < 4.78 is 7.45. The monoisotopic (exact) mass is 468 g/mol. The number of ether oxygens (including phenoxy) is 1. The average Bonchev–Trinajstić information content (AvgIpc) is 3.22. The van der Waals surface area contributed by atoms with Gasteiger partial charge in [0, 0.05) is 18.8 Å². The van der Waals surface area contributed by atoms with Gasteiger partial charge in [-0.2, -0.15) is 5.26 Å². The third kappa shape index (κ3) is 5.05. The molecule has 0 unspecified atom stereocenters. The fourth-order valence-corrected chi connectivity index (χ4v) is 4.30. The molecule has 1 fully saturated rings. The number of aromatic nitrogens is 3. The molecule has 10 heteroatoms. The number of hydrogen-bond donors (Lipinski definition) is 1. The van der Waals surface area contributed by atoms with Crippen molar-refractivity contribution in [3.63, 3.8) is 0 Å². The SMILES string of the molecule is Cc1cccc(-n2c(SCC(=O)Nc3ccc(C#N)c(Cl)c3)nnc2N2CCOCC2)c1. The Hall–Kier alpha value is -3.06. The van der Waals surface area contributed by atoms with Gasteiger partial charge in [0.25, 0.3) is 0 Å². The predicted octanol–water partition coefficient (Wildman–Crippen LogP) is 3.67. The molecule has 8 nitrogen and oxygen atoms in total. The van der Waals surface area contributed by atoms with Gasteiger partial charge in [0.05, 0.1) is 35.2 Å². The van der Waals surface area contributed by atoms with Crippen molar-refractivity contribution in [2.75, 3.05) is 42.3 Å². The third-order valence-corrected chi connectivity index (χ3v) is 6.12. The van der Waals surface area contributed by atoms with E-state index in [0.29, 0.717) is 34.6 Å². The van der Waals surface area contributed by atoms with Crippen LogP contribution in [0, 0.1) is 18.3 Å². The smallest absolute Gasteiger partial charge is 0.234 e. The second-order valence-corrected chi connectivity index (χ2v) is 8.55. The fourth-order valence-electron chi connectivity index (χ4n) is 3.33. The lowest BCUT2D eigenvalue weighted by molar-refractivity contribution is -0.113. The van der Waals surface area contributed by atoms with Gasteiger partial charge in [0.15, 0.2) is 5.16 Å². The standard InChI is InChI=1S/C22H21ClN6O2S/c1-15-3-2-4-18(11-15)29-21(28-7-9-31-10-8-28)26-27-22(29)32-14-20(30)25-17-6-5-16(13-24)19(23)12-17/h2-6,11-12H,7-10,14H2,1H3,(H,25,30). The molecule has 0 bridgehead atoms. The number of aryl methyl sites for hydroxylation is 1. The number of nitrogens with zero attached hydrogens (tertiary/aromatic N) is 5. The Morgan fingerprint density at radius 3 is 2.78 bits per heavy atom. The van der Waals surface area contributed by atoms with Crippen molar-refractivity contribution in [1.82, 2.24) is 14.8 Å². The molecular weight excluding hydrogens is 448 g/mol. The lowest BCUT2D eigenvalue weighted by Crippen LogP contribution is -2.37. The summed E-state index contributed by atoms with van der Waals surface area (Å²) >= 11 is 7.36. The number of carbonyl (C=O) groups excluding carboxylic acids is 1. The van der Waals surface area contributed by atoms with Crippen molar-refractivity contribution >= 4 is 40.9 Å². The summed E-state index contributed by atoms with van der Waals surface area (Å²) in [6.07, 6.45) is 0. The van der Waals surface area contributed by atoms with Crippen molar-refractivity contribution in [2.24, 2.45) is 0 Å². The molecule has 1 aromatic heterocycles. The van der Waals surface area contributed by atoms with Crippen LogP contribution < -0.4 is 10.2 Å². The molecule has 4 rings (SSSR count). The van der Waals surface area contributed by atoms with Gasteiger partial charge in [0.2, 0.25) is 11.9 Å². The van der Waals surface area contributed by atoms with E-state index >= 15 is 0 Å². The normalized spacial score (nSPS) is 13.6. The summed E-state index contributed by atoms with van der Waals surface area (Å²) in [5, 5.41) is 21.5. The number of thioether (sulfide) groups is 1. The van der Waals surface area contributed by atoms with E-state index in [0.717, 1.165) is 30.3 Å². The van der Waals surface area contributed by atoms with E-state index in [4.69, 9.17) is 21.6 Å². The maximum atomic E-state index is 12.5. The van der Waals surface area contributed by atoms with Crippen LogP contribution >= 0.6 is 23.4 Å². The van der Waals surface area contributed by atoms with Gasteiger partial charge in [-0.05, 0) is 42.8 Å². The first-order valence-corrected chi connectivity index (χ1v) is 11.4. The molecule has 1 N–H and O–H groups in total. The highest BCUT2D eigenvalue weighted by atomic mass is 35.5. The van der Waals surface area contributed by atoms with Gasteiger partial charge in [0.1, 0.15) is 6.07 Å². The van der Waals surface area contributed by atoms with Gasteiger partial charge in [-0.15, -0.1) is 10.2 Å². The number of nitrogens with one attached hydrogen (secondary N) is 1. The molecular formula is C22H21ClN6O2S. The first kappa shape index (κ1) is 22.1. The van der Waals surface area contributed by atoms with Gasteiger partial charge in [-0.25, -0.2) is 0 Å². The molecule has 0 atom stereocenters. The highest BCUT2D eigenvalue weighted by Gasteiger charge is 2.22. The Morgan fingerprint density at radius 1 is 1.25 bits per heavy atom. The van der Waals surface area contributed by atoms with Crippen molar-refractivity contribution in [2.45, 2.75) is 12.1 Å². The van der Waals surface area contributed by atoms with Crippen LogP contribution in [0.2, 0.25) is 5.02 Å². The van der Waals surface area contributed by atoms with Crippen molar-refractivity contribution in [3.05, 3.63) is 58.6 Å². The maximum absolute atomic E-state index is 12.5. The molecule has 0 radical (unpaired) electrons. The number of benzene rings is 2. The third-order valence-electron chi connectivity index (χ3n) is 4.88. The zero-order valence-corrected chi connectivity index (χ0v) is 19.0. The lowest BCUT2D eigenvalue weighted by Gasteiger charge is -2.28. The molecule has 164 valence electrons. The van der Waals surface area contributed by atoms with Crippen LogP contribution in [0.3, 0.4) is 0 Å². The molecule has 0 aliphatic carbocycles. The minimum atomic E-state index is -0.206. The van der Waals surface area contributed by atoms with Crippen LogP contribution in [-0.4, -0.2) is 52.7 Å². The van der Waals surface area contributed by atoms with Crippen molar-refractivity contribution in [3.8, 4) is 11.8 Å². The summed E-state index contributed by atoms with van der Waals surface area (Å²) in [4.78, 5) is 14.7. The fraction of sp³-hybridized carbons (Fsp3) is 0.273. The molecule has 32 heavy (non-hydrogen) atoms. The second-order valence-electron chi connectivity index (χ2n) is 7.20. The Labute approximate surface area is 195 Å². The highest BCUT2D eigenvalue weighted by Crippen LogP contribution is 2.28. The maximum Gasteiger partial charge on any atom is 0.234 e. The first-order chi connectivity index (χ1) is 15.5. The Kier molecular flexibility index (Phi) is 6.95. The quantitative estimate of drug-likeness (QED) is 0.551. The summed E-state index contributed by atoms with van der Waals surface area (Å²) in [5.74, 6) is 0.674. The summed E-state index contributed by atoms with van der Waals surface area (Å²) in [7, 11) is 0. The summed E-state index contributed by atoms with van der Waals surface area (Å²) in [5.41, 5.74) is 2.96. The average molecular weight is 469 g/mol. The number of rotatable bonds is 6. The number of hydrogen-bond acceptors (Lipinski definition) is 7. The van der Waals surface area contributed by atoms with Crippen molar-refractivity contribution < 1.29 is 9.53 Å². The first-order valence-electron chi connectivity index (χ1n) is 10.0. The Balaban J connectivity index is 1.53. The van der Waals surface area contributed by atoms with Crippen LogP contribution in [0.1, 0.15) is 11.1 Å². The lowest BCUT2D eigenvalue weighted by atomic mass is 10.2. The Morgan fingerprint density at radius 2 is 2.06 bits per heavy atom. The van der Waals surface area contributed by atoms with Gasteiger partial charge >= 0.3 is 0 Å². The van der Waals surface area contributed by atoms with Gasteiger partial charge in [-0.1, -0.05) is 35.5 Å². The van der Waals surface area contributed by atoms with Gasteiger partial charge in [-0.3, -0.25) is 9.36 Å². The predicted molar refractivity (Wildman–Crippen MR) is 125 cm³/mol. The largest absolute Gasteiger partial charge is 0.378 e. The topological polar surface area (TPSA) is 96.1 Å². The van der Waals surface area contributed by atoms with E-state index in [9.17, 15) is 4.79 Å². The van der Waals surface area contributed by atoms with E-state index in [1.54, 1.807) is 18.2 Å². The second kappa shape index (κ2) is 10.0. The van der Waals surface area contributed by atoms with Crippen LogP contribution in [-0.2, 0) is 9.53 Å². The minimum absolute atomic E-state index is 0.144. The van der Waals surface area contributed by atoms with Crippen molar-refractivity contribution in [1.29, 1.82) is 5.26 Å². The van der Waals surface area contributed by atoms with E-state index in [1.807, 2.05) is 35.8 Å². The van der Waals surface area contributed by atoms with Crippen LogP contribution in [0.15, 0.2) is 47.6 Å². The molecule has 1 saturated heterocycles. The van der Waals surface area contributed by atoms with E-state index in [-0.39, 0.29) is 11.7 Å². The summed E-state index contributed by atoms with van der Waals surface area (Å²) in [6.45, 7) is 4.77. The molecule has 1 aliphatic rings. The number of amides is 1. The van der Waals surface area contributed by atoms with Gasteiger partial charge < -0.3 is 15.0 Å². The van der Waals surface area contributed by atoms with Crippen LogP contribution in [0.5, 0.6) is 0 Å². The number of anilines is 2. The zero-order chi connectivity index (χ0) is 22.5. The number of halogens is 1. The number of carbonyl (C=O) groups is 1. The molecule has 0 spiro atoms. The number of nitriles is 1. The number of morpholine rings is 1. The van der Waals surface area contributed by atoms with Crippen LogP contribution in [0.4, 0.5) is 11.6 Å². The molecule has 0 saturated carbocycles. The van der Waals surface area contributed by atoms with Crippen LogP contribution in [0.25, 0.3) is 5.69 Å². The molecule has 2 heterocycles. The molecule has 1 aliphatic heterocycles. The van der Waals surface area contributed by atoms with E-state index < -0.39 is 0 Å². The van der Waals surface area contributed by atoms with E-state index in [1.165, 1.54) is 11.8 Å². The molecule has 3 aromatic rings. The molecule has 1 amide bonds. The molecule has 2 aromatic carbocycles. The van der Waals surface area contributed by atoms with E-state index in [2.05, 4.69) is 26.5 Å². The zero-order valence-electron chi connectivity index (χ0n) is 17.4. The highest BCUT2D eigenvalue weighted by molar-refractivity contribution is 7.99. The summed E-state index contributed by atoms with van der Waals surface area (Å²) in [6, 6.07) is 14.9. The minimum Gasteiger partial charge on any atom is -0.378 e. The Bertz CT molecular complexity index is 1170.